The first-order valence-corrected chi connectivity index (χ1v) is 10.4. The summed E-state index contributed by atoms with van der Waals surface area (Å²) < 4.78 is 10.1. The Hall–Kier alpha value is -3.69. The predicted molar refractivity (Wildman–Crippen MR) is 125 cm³/mol. The fraction of sp³-hybridized carbons (Fsp3) is 0.0370. The molecule has 0 bridgehead atoms. The molecule has 0 unspecified atom stereocenters. The van der Waals surface area contributed by atoms with E-state index in [4.69, 9.17) is 4.74 Å². The number of hydrogen-bond acceptors (Lipinski definition) is 3. The average molecular weight is 610 g/mol. The molecule has 6 rings (SSSR count). The standard InChI is InChI=1S/C27H18N4O.Pt/c1-19-14-16-30(29-19)20-7-6-8-21(17-20)32-22-12-13-24-23-9-2-3-10-25(23)31(26(24)18-22)27-11-4-5-15-28-27;/h2-16H,1H3;/q-2;+2. The minimum atomic E-state index is 0. The molecule has 6 heteroatoms. The van der Waals surface area contributed by atoms with Crippen LogP contribution in [0.1, 0.15) is 5.69 Å². The van der Waals surface area contributed by atoms with Gasteiger partial charge in [-0.3, -0.25) is 4.68 Å². The van der Waals surface area contributed by atoms with Crippen LogP contribution in [0.4, 0.5) is 0 Å². The SMILES string of the molecule is Cc1ccn(-c2[c-]c(Oc3[c-]c4c(cc3)c3ccccc3n4-c3ccccn3)ccc2)n1.[Pt+2]. The third-order valence-corrected chi connectivity index (χ3v) is 5.38. The second-order valence-corrected chi connectivity index (χ2v) is 7.53. The molecular formula is C27H18N4OPt. The smallest absolute Gasteiger partial charge is 0.509 e. The summed E-state index contributed by atoms with van der Waals surface area (Å²) in [6.07, 6.45) is 3.71. The summed E-state index contributed by atoms with van der Waals surface area (Å²) in [6.45, 7) is 1.96. The summed E-state index contributed by atoms with van der Waals surface area (Å²) >= 11 is 0. The van der Waals surface area contributed by atoms with E-state index in [0.717, 1.165) is 39.0 Å². The summed E-state index contributed by atoms with van der Waals surface area (Å²) in [5, 5.41) is 6.70. The normalized spacial score (nSPS) is 10.9. The number of benzene rings is 3. The first kappa shape index (κ1) is 21.2. The maximum Gasteiger partial charge on any atom is 2.00 e. The van der Waals surface area contributed by atoms with Crippen molar-refractivity contribution in [3.63, 3.8) is 0 Å². The van der Waals surface area contributed by atoms with Gasteiger partial charge in [-0.1, -0.05) is 29.8 Å². The van der Waals surface area contributed by atoms with E-state index in [2.05, 4.69) is 45.0 Å². The third kappa shape index (κ3) is 3.85. The van der Waals surface area contributed by atoms with E-state index in [9.17, 15) is 0 Å². The second kappa shape index (κ2) is 8.68. The average Bonchev–Trinajstić information content (AvgIpc) is 3.41. The molecule has 0 amide bonds. The Balaban J connectivity index is 0.00000228. The molecule has 33 heavy (non-hydrogen) atoms. The monoisotopic (exact) mass is 609 g/mol. The second-order valence-electron chi connectivity index (χ2n) is 7.53. The molecule has 0 spiro atoms. The Labute approximate surface area is 205 Å². The zero-order valence-electron chi connectivity index (χ0n) is 17.7. The topological polar surface area (TPSA) is 44.9 Å². The zero-order chi connectivity index (χ0) is 21.5. The van der Waals surface area contributed by atoms with Gasteiger partial charge in [0, 0.05) is 29.4 Å². The molecule has 0 saturated carbocycles. The summed E-state index contributed by atoms with van der Waals surface area (Å²) in [4.78, 5) is 4.57. The maximum absolute atomic E-state index is 6.16. The van der Waals surface area contributed by atoms with Crippen LogP contribution in [0.2, 0.25) is 0 Å². The molecule has 0 radical (unpaired) electrons. The van der Waals surface area contributed by atoms with Crippen LogP contribution in [0, 0.1) is 19.1 Å². The molecule has 3 aromatic carbocycles. The minimum Gasteiger partial charge on any atom is -0.509 e. The van der Waals surface area contributed by atoms with E-state index in [1.165, 1.54) is 0 Å². The number of nitrogens with zero attached hydrogens (tertiary/aromatic N) is 4. The maximum atomic E-state index is 6.16. The molecular weight excluding hydrogens is 591 g/mol. The van der Waals surface area contributed by atoms with Crippen molar-refractivity contribution in [2.75, 3.05) is 0 Å². The van der Waals surface area contributed by atoms with E-state index in [-0.39, 0.29) is 21.1 Å². The van der Waals surface area contributed by atoms with E-state index < -0.39 is 0 Å². The van der Waals surface area contributed by atoms with Crippen LogP contribution in [-0.4, -0.2) is 19.3 Å². The molecule has 5 nitrogen and oxygen atoms in total. The van der Waals surface area contributed by atoms with Crippen molar-refractivity contribution in [1.29, 1.82) is 0 Å². The number of hydrogen-bond donors (Lipinski definition) is 0. The Morgan fingerprint density at radius 1 is 0.788 bits per heavy atom. The Bertz CT molecular complexity index is 1570. The Morgan fingerprint density at radius 2 is 1.64 bits per heavy atom. The van der Waals surface area contributed by atoms with Crippen LogP contribution < -0.4 is 4.74 Å². The molecule has 3 aromatic heterocycles. The van der Waals surface area contributed by atoms with Gasteiger partial charge in [-0.05, 0) is 42.3 Å². The van der Waals surface area contributed by atoms with Crippen LogP contribution in [0.5, 0.6) is 11.5 Å². The first-order chi connectivity index (χ1) is 15.8. The van der Waals surface area contributed by atoms with E-state index in [1.54, 1.807) is 10.9 Å². The van der Waals surface area contributed by atoms with Gasteiger partial charge >= 0.3 is 21.1 Å². The van der Waals surface area contributed by atoms with Gasteiger partial charge in [-0.15, -0.1) is 35.7 Å². The molecule has 0 aliphatic rings. The molecule has 0 atom stereocenters. The van der Waals surface area contributed by atoms with Gasteiger partial charge in [0.1, 0.15) is 5.82 Å². The number of pyridine rings is 1. The minimum absolute atomic E-state index is 0. The number of rotatable bonds is 4. The fourth-order valence-electron chi connectivity index (χ4n) is 3.95. The Kier molecular flexibility index (Phi) is 5.57. The van der Waals surface area contributed by atoms with E-state index in [1.807, 2.05) is 73.8 Å². The van der Waals surface area contributed by atoms with Crippen molar-refractivity contribution in [1.82, 2.24) is 19.3 Å². The van der Waals surface area contributed by atoms with Gasteiger partial charge < -0.3 is 9.30 Å². The largest absolute Gasteiger partial charge is 2.00 e. The van der Waals surface area contributed by atoms with Crippen LogP contribution >= 0.6 is 0 Å². The van der Waals surface area contributed by atoms with E-state index in [0.29, 0.717) is 11.5 Å². The summed E-state index contributed by atoms with van der Waals surface area (Å²) in [5.74, 6) is 2.06. The van der Waals surface area contributed by atoms with Crippen molar-refractivity contribution >= 4 is 21.8 Å². The Morgan fingerprint density at radius 3 is 2.45 bits per heavy atom. The summed E-state index contributed by atoms with van der Waals surface area (Å²) in [5.41, 5.74) is 3.77. The first-order valence-electron chi connectivity index (χ1n) is 10.4. The van der Waals surface area contributed by atoms with Crippen molar-refractivity contribution in [3.8, 4) is 23.0 Å². The predicted octanol–water partition coefficient (Wildman–Crippen LogP) is 6.06. The zero-order valence-corrected chi connectivity index (χ0v) is 19.9. The molecule has 162 valence electrons. The van der Waals surface area contributed by atoms with Crippen LogP contribution in [0.15, 0.2) is 91.3 Å². The van der Waals surface area contributed by atoms with Crippen LogP contribution in [0.3, 0.4) is 0 Å². The van der Waals surface area contributed by atoms with Crippen LogP contribution in [-0.2, 0) is 21.1 Å². The number of fused-ring (bicyclic) bond motifs is 3. The van der Waals surface area contributed by atoms with Gasteiger partial charge in [0.05, 0.1) is 5.69 Å². The van der Waals surface area contributed by atoms with Gasteiger partial charge in [-0.2, -0.15) is 17.2 Å². The van der Waals surface area contributed by atoms with E-state index >= 15 is 0 Å². The van der Waals surface area contributed by atoms with Crippen LogP contribution in [0.25, 0.3) is 33.3 Å². The number of ether oxygens (including phenoxy) is 1. The third-order valence-electron chi connectivity index (χ3n) is 5.38. The fourth-order valence-corrected chi connectivity index (χ4v) is 3.95. The molecule has 0 N–H and O–H groups in total. The summed E-state index contributed by atoms with van der Waals surface area (Å²) in [6, 6.07) is 32.7. The molecule has 0 saturated heterocycles. The van der Waals surface area contributed by atoms with Crippen molar-refractivity contribution < 1.29 is 25.8 Å². The molecule has 3 heterocycles. The number of para-hydroxylation sites is 1. The van der Waals surface area contributed by atoms with Gasteiger partial charge in [0.25, 0.3) is 0 Å². The number of aromatic nitrogens is 4. The van der Waals surface area contributed by atoms with Gasteiger partial charge in [0.15, 0.2) is 0 Å². The van der Waals surface area contributed by atoms with Gasteiger partial charge in [-0.25, -0.2) is 4.98 Å². The van der Waals surface area contributed by atoms with Crippen molar-refractivity contribution in [3.05, 3.63) is 109 Å². The molecule has 0 aliphatic heterocycles. The van der Waals surface area contributed by atoms with Crippen molar-refractivity contribution in [2.24, 2.45) is 0 Å². The van der Waals surface area contributed by atoms with Crippen molar-refractivity contribution in [2.45, 2.75) is 6.92 Å². The quantitative estimate of drug-likeness (QED) is 0.228. The molecule has 0 aliphatic carbocycles. The van der Waals surface area contributed by atoms with Gasteiger partial charge in [0.2, 0.25) is 0 Å². The number of aryl methyl sites for hydroxylation is 1. The molecule has 6 aromatic rings. The molecule has 0 fully saturated rings. The summed E-state index contributed by atoms with van der Waals surface area (Å²) in [7, 11) is 0.